The Morgan fingerprint density at radius 1 is 0.889 bits per heavy atom. The number of hydrogen-bond acceptors (Lipinski definition) is 3. The Bertz CT molecular complexity index is 1120. The van der Waals surface area contributed by atoms with Gasteiger partial charge in [0.05, 0.1) is 10.6 Å². The number of halogens is 2. The predicted molar refractivity (Wildman–Crippen MR) is 109 cm³/mol. The van der Waals surface area contributed by atoms with Crippen molar-refractivity contribution in [2.24, 2.45) is 0 Å². The van der Waals surface area contributed by atoms with Crippen LogP contribution < -0.4 is 0 Å². The van der Waals surface area contributed by atoms with Crippen molar-refractivity contribution in [2.75, 3.05) is 0 Å². The normalized spacial score (nSPS) is 10.9. The van der Waals surface area contributed by atoms with E-state index in [-0.39, 0.29) is 5.75 Å². The summed E-state index contributed by atoms with van der Waals surface area (Å²) < 4.78 is 5.75. The summed E-state index contributed by atoms with van der Waals surface area (Å²) in [4.78, 5) is 0. The van der Waals surface area contributed by atoms with Crippen molar-refractivity contribution in [3.63, 3.8) is 0 Å². The van der Waals surface area contributed by atoms with Crippen LogP contribution >= 0.6 is 23.2 Å². The topological polar surface area (TPSA) is 46.3 Å². The van der Waals surface area contributed by atoms with Crippen molar-refractivity contribution in [3.8, 4) is 39.5 Å². The summed E-state index contributed by atoms with van der Waals surface area (Å²) in [5, 5.41) is 15.1. The summed E-state index contributed by atoms with van der Waals surface area (Å²) in [6.45, 7) is 2.01. The lowest BCUT2D eigenvalue weighted by Crippen LogP contribution is -1.89. The van der Waals surface area contributed by atoms with E-state index in [0.717, 1.165) is 27.8 Å². The molecule has 0 spiro atoms. The molecular formula is C22H15Cl2NO2. The molecule has 1 heterocycles. The minimum absolute atomic E-state index is 0.185. The van der Waals surface area contributed by atoms with Gasteiger partial charge in [0.1, 0.15) is 11.4 Å². The van der Waals surface area contributed by atoms with Gasteiger partial charge in [-0.15, -0.1) is 0 Å². The molecule has 1 aromatic heterocycles. The van der Waals surface area contributed by atoms with Crippen LogP contribution in [-0.4, -0.2) is 10.3 Å². The first kappa shape index (κ1) is 17.7. The molecule has 0 aliphatic heterocycles. The Labute approximate surface area is 166 Å². The Hall–Kier alpha value is -2.75. The summed E-state index contributed by atoms with van der Waals surface area (Å²) in [5.41, 5.74) is 5.00. The SMILES string of the molecule is Cc1ccc(Cl)cc1-c1c(-c2ccccc2Cl)noc1-c1ccc(O)cc1. The maximum Gasteiger partial charge on any atom is 0.175 e. The fourth-order valence-electron chi connectivity index (χ4n) is 3.05. The van der Waals surface area contributed by atoms with Gasteiger partial charge in [-0.2, -0.15) is 0 Å². The van der Waals surface area contributed by atoms with E-state index in [2.05, 4.69) is 5.16 Å². The van der Waals surface area contributed by atoms with E-state index < -0.39 is 0 Å². The monoisotopic (exact) mass is 395 g/mol. The van der Waals surface area contributed by atoms with Crippen LogP contribution in [0, 0.1) is 6.92 Å². The van der Waals surface area contributed by atoms with Gasteiger partial charge >= 0.3 is 0 Å². The molecule has 0 unspecified atom stereocenters. The minimum atomic E-state index is 0.185. The molecule has 4 rings (SSSR count). The number of benzene rings is 3. The number of nitrogens with zero attached hydrogens (tertiary/aromatic N) is 1. The largest absolute Gasteiger partial charge is 0.508 e. The van der Waals surface area contributed by atoms with Gasteiger partial charge in [-0.25, -0.2) is 0 Å². The van der Waals surface area contributed by atoms with Crippen molar-refractivity contribution >= 4 is 23.2 Å². The molecule has 0 radical (unpaired) electrons. The highest BCUT2D eigenvalue weighted by Gasteiger charge is 2.23. The summed E-state index contributed by atoms with van der Waals surface area (Å²) >= 11 is 12.7. The highest BCUT2D eigenvalue weighted by Crippen LogP contribution is 2.43. The molecular weight excluding hydrogens is 381 g/mol. The van der Waals surface area contributed by atoms with Crippen molar-refractivity contribution in [2.45, 2.75) is 6.92 Å². The smallest absolute Gasteiger partial charge is 0.175 e. The summed E-state index contributed by atoms with van der Waals surface area (Å²) in [7, 11) is 0. The quantitative estimate of drug-likeness (QED) is 0.406. The Kier molecular flexibility index (Phi) is 4.65. The number of aromatic nitrogens is 1. The standard InChI is InChI=1S/C22H15Cl2NO2/c1-13-6-9-15(23)12-18(13)20-21(17-4-2-3-5-19(17)24)25-27-22(20)14-7-10-16(26)11-8-14/h2-12,26H,1H3. The van der Waals surface area contributed by atoms with Crippen LogP contribution in [0.15, 0.2) is 71.3 Å². The fourth-order valence-corrected chi connectivity index (χ4v) is 3.45. The molecule has 0 saturated carbocycles. The van der Waals surface area contributed by atoms with E-state index in [0.29, 0.717) is 21.5 Å². The zero-order valence-corrected chi connectivity index (χ0v) is 15.9. The Morgan fingerprint density at radius 3 is 2.37 bits per heavy atom. The van der Waals surface area contributed by atoms with E-state index in [1.807, 2.05) is 49.4 Å². The molecule has 4 aromatic rings. The average Bonchev–Trinajstić information content (AvgIpc) is 3.09. The molecule has 0 aliphatic carbocycles. The second-order valence-corrected chi connectivity index (χ2v) is 7.06. The molecule has 27 heavy (non-hydrogen) atoms. The molecule has 5 heteroatoms. The number of rotatable bonds is 3. The van der Waals surface area contributed by atoms with Crippen LogP contribution in [0.3, 0.4) is 0 Å². The molecule has 134 valence electrons. The summed E-state index contributed by atoms with van der Waals surface area (Å²) in [6.07, 6.45) is 0. The molecule has 3 nitrogen and oxygen atoms in total. The van der Waals surface area contributed by atoms with Gasteiger partial charge in [0.2, 0.25) is 0 Å². The maximum absolute atomic E-state index is 9.61. The molecule has 0 fully saturated rings. The number of phenolic OH excluding ortho intramolecular Hbond substituents is 1. The van der Waals surface area contributed by atoms with E-state index in [1.165, 1.54) is 0 Å². The van der Waals surface area contributed by atoms with Gasteiger partial charge in [-0.1, -0.05) is 52.6 Å². The van der Waals surface area contributed by atoms with Crippen molar-refractivity contribution in [3.05, 3.63) is 82.3 Å². The lowest BCUT2D eigenvalue weighted by Gasteiger charge is -2.10. The molecule has 0 amide bonds. The Morgan fingerprint density at radius 2 is 1.63 bits per heavy atom. The van der Waals surface area contributed by atoms with E-state index in [9.17, 15) is 5.11 Å². The highest BCUT2D eigenvalue weighted by atomic mass is 35.5. The number of hydrogen-bond donors (Lipinski definition) is 1. The maximum atomic E-state index is 9.61. The first-order valence-corrected chi connectivity index (χ1v) is 9.10. The van der Waals surface area contributed by atoms with Gasteiger partial charge in [0.15, 0.2) is 5.76 Å². The molecule has 3 aromatic carbocycles. The first-order chi connectivity index (χ1) is 13.0. The van der Waals surface area contributed by atoms with E-state index in [4.69, 9.17) is 27.7 Å². The lowest BCUT2D eigenvalue weighted by molar-refractivity contribution is 0.435. The third-order valence-electron chi connectivity index (χ3n) is 4.42. The lowest BCUT2D eigenvalue weighted by atomic mass is 9.93. The van der Waals surface area contributed by atoms with Crippen LogP contribution in [0.2, 0.25) is 10.0 Å². The molecule has 0 saturated heterocycles. The van der Waals surface area contributed by atoms with Crippen LogP contribution in [0.1, 0.15) is 5.56 Å². The second kappa shape index (κ2) is 7.10. The van der Waals surface area contributed by atoms with Gasteiger partial charge in [-0.05, 0) is 60.5 Å². The van der Waals surface area contributed by atoms with Crippen LogP contribution in [0.5, 0.6) is 5.75 Å². The third kappa shape index (κ3) is 3.32. The molecule has 0 bridgehead atoms. The molecule has 0 aliphatic rings. The molecule has 0 atom stereocenters. The van der Waals surface area contributed by atoms with E-state index in [1.54, 1.807) is 24.3 Å². The fraction of sp³-hybridized carbons (Fsp3) is 0.0455. The van der Waals surface area contributed by atoms with Gasteiger partial charge in [-0.3, -0.25) is 0 Å². The van der Waals surface area contributed by atoms with Crippen LogP contribution in [0.25, 0.3) is 33.7 Å². The number of aryl methyl sites for hydroxylation is 1. The van der Waals surface area contributed by atoms with Gasteiger partial charge in [0.25, 0.3) is 0 Å². The Balaban J connectivity index is 2.03. The third-order valence-corrected chi connectivity index (χ3v) is 4.98. The zero-order valence-electron chi connectivity index (χ0n) is 14.4. The predicted octanol–water partition coefficient (Wildman–Crippen LogP) is 7.00. The summed E-state index contributed by atoms with van der Waals surface area (Å²) in [5.74, 6) is 0.778. The van der Waals surface area contributed by atoms with E-state index >= 15 is 0 Å². The minimum Gasteiger partial charge on any atom is -0.508 e. The highest BCUT2D eigenvalue weighted by molar-refractivity contribution is 6.33. The number of aromatic hydroxyl groups is 1. The van der Waals surface area contributed by atoms with Crippen molar-refractivity contribution < 1.29 is 9.63 Å². The summed E-state index contributed by atoms with van der Waals surface area (Å²) in [6, 6.07) is 20.0. The van der Waals surface area contributed by atoms with Crippen LogP contribution in [-0.2, 0) is 0 Å². The zero-order chi connectivity index (χ0) is 19.0. The van der Waals surface area contributed by atoms with Gasteiger partial charge in [0, 0.05) is 16.1 Å². The van der Waals surface area contributed by atoms with Gasteiger partial charge < -0.3 is 9.63 Å². The molecule has 1 N–H and O–H groups in total. The van der Waals surface area contributed by atoms with Crippen molar-refractivity contribution in [1.29, 1.82) is 0 Å². The van der Waals surface area contributed by atoms with Crippen molar-refractivity contribution in [1.82, 2.24) is 5.16 Å². The average molecular weight is 396 g/mol. The first-order valence-electron chi connectivity index (χ1n) is 8.35. The number of phenols is 1. The second-order valence-electron chi connectivity index (χ2n) is 6.22. The van der Waals surface area contributed by atoms with Crippen LogP contribution in [0.4, 0.5) is 0 Å².